The van der Waals surface area contributed by atoms with Crippen LogP contribution in [0.5, 0.6) is 0 Å². The molecule has 4 heterocycles. The van der Waals surface area contributed by atoms with E-state index in [0.29, 0.717) is 17.0 Å². The van der Waals surface area contributed by atoms with Gasteiger partial charge in [0.2, 0.25) is 0 Å². The van der Waals surface area contributed by atoms with Crippen LogP contribution in [0.2, 0.25) is 5.02 Å². The number of nitrogens with zero attached hydrogens (tertiary/aromatic N) is 5. The van der Waals surface area contributed by atoms with E-state index >= 15 is 0 Å². The summed E-state index contributed by atoms with van der Waals surface area (Å²) in [7, 11) is 0. The lowest BCUT2D eigenvalue weighted by Gasteiger charge is -2.11. The molecule has 0 saturated carbocycles. The lowest BCUT2D eigenvalue weighted by molar-refractivity contribution is 0.572. The summed E-state index contributed by atoms with van der Waals surface area (Å²) >= 11 is 6.25. The third kappa shape index (κ3) is 4.07. The molecule has 0 atom stereocenters. The molecule has 0 unspecified atom stereocenters. The maximum atomic E-state index is 15.0. The zero-order chi connectivity index (χ0) is 24.6. The third-order valence-corrected chi connectivity index (χ3v) is 6.79. The van der Waals surface area contributed by atoms with Crippen molar-refractivity contribution in [2.24, 2.45) is 0 Å². The second-order valence-electron chi connectivity index (χ2n) is 8.97. The van der Waals surface area contributed by atoms with Gasteiger partial charge in [-0.3, -0.25) is 14.6 Å². The quantitative estimate of drug-likeness (QED) is 0.254. The van der Waals surface area contributed by atoms with Crippen LogP contribution in [0.4, 0.5) is 4.39 Å². The molecule has 1 aromatic carbocycles. The summed E-state index contributed by atoms with van der Waals surface area (Å²) in [6.45, 7) is 3.06. The predicted octanol–water partition coefficient (Wildman–Crippen LogP) is 7.00. The van der Waals surface area contributed by atoms with E-state index in [9.17, 15) is 4.39 Å². The maximum Gasteiger partial charge on any atom is 0.130 e. The highest BCUT2D eigenvalue weighted by atomic mass is 35.5. The number of benzene rings is 1. The number of rotatable bonds is 6. The maximum absolute atomic E-state index is 15.0. The van der Waals surface area contributed by atoms with Crippen molar-refractivity contribution < 1.29 is 4.39 Å². The van der Waals surface area contributed by atoms with Gasteiger partial charge in [-0.25, -0.2) is 9.37 Å². The van der Waals surface area contributed by atoms with Gasteiger partial charge >= 0.3 is 0 Å². The highest BCUT2D eigenvalue weighted by molar-refractivity contribution is 6.30. The highest BCUT2D eigenvalue weighted by Gasteiger charge is 2.27. The molecule has 4 aromatic heterocycles. The monoisotopic (exact) mass is 495 g/mol. The van der Waals surface area contributed by atoms with Crippen molar-refractivity contribution in [1.29, 1.82) is 0 Å². The number of fused-ring (bicyclic) bond motifs is 2. The number of hydrogen-bond donors (Lipinski definition) is 0. The van der Waals surface area contributed by atoms with Crippen molar-refractivity contribution in [1.82, 2.24) is 24.7 Å². The fourth-order valence-electron chi connectivity index (χ4n) is 4.72. The van der Waals surface area contributed by atoms with Crippen LogP contribution in [0.1, 0.15) is 42.3 Å². The normalized spacial score (nSPS) is 13.0. The summed E-state index contributed by atoms with van der Waals surface area (Å²) in [5.41, 5.74) is 8.22. The smallest absolute Gasteiger partial charge is 0.130 e. The van der Waals surface area contributed by atoms with Crippen LogP contribution in [-0.2, 0) is 13.0 Å². The molecule has 6 rings (SSSR count). The van der Waals surface area contributed by atoms with Gasteiger partial charge in [0.15, 0.2) is 0 Å². The van der Waals surface area contributed by atoms with Crippen molar-refractivity contribution >= 4 is 33.8 Å². The minimum absolute atomic E-state index is 0.315. The molecule has 0 radical (unpaired) electrons. The van der Waals surface area contributed by atoms with E-state index in [0.717, 1.165) is 69.6 Å². The number of unbranched alkanes of at least 4 members (excludes halogenated alkanes) is 1. The van der Waals surface area contributed by atoms with E-state index < -0.39 is 0 Å². The molecule has 0 N–H and O–H groups in total. The number of pyridine rings is 3. The number of aryl methyl sites for hydroxylation is 1. The molecule has 0 spiro atoms. The molecule has 7 heteroatoms. The van der Waals surface area contributed by atoms with E-state index in [1.807, 2.05) is 53.6 Å². The summed E-state index contributed by atoms with van der Waals surface area (Å²) in [6.07, 6.45) is 10.3. The van der Waals surface area contributed by atoms with Crippen LogP contribution in [-0.4, -0.2) is 24.7 Å². The fourth-order valence-corrected chi connectivity index (χ4v) is 4.89. The summed E-state index contributed by atoms with van der Waals surface area (Å²) in [5, 5.41) is 4.97. The largest absolute Gasteiger partial charge is 0.272 e. The minimum Gasteiger partial charge on any atom is -0.272 e. The molecular weight excluding hydrogens is 473 g/mol. The molecule has 0 amide bonds. The van der Waals surface area contributed by atoms with Gasteiger partial charge < -0.3 is 0 Å². The Morgan fingerprint density at radius 1 is 1.00 bits per heavy atom. The van der Waals surface area contributed by atoms with Crippen molar-refractivity contribution in [3.63, 3.8) is 0 Å². The Labute approximate surface area is 213 Å². The fraction of sp³-hybridized carbons (Fsp3) is 0.172. The third-order valence-electron chi connectivity index (χ3n) is 6.55. The highest BCUT2D eigenvalue weighted by Crippen LogP contribution is 2.42. The van der Waals surface area contributed by atoms with Crippen LogP contribution >= 0.6 is 11.6 Å². The Kier molecular flexibility index (Phi) is 5.82. The molecule has 36 heavy (non-hydrogen) atoms. The van der Waals surface area contributed by atoms with Gasteiger partial charge in [-0.15, -0.1) is 0 Å². The molecule has 1 aliphatic rings. The number of halogens is 2. The molecule has 0 aliphatic heterocycles. The van der Waals surface area contributed by atoms with Gasteiger partial charge in [-0.05, 0) is 60.0 Å². The summed E-state index contributed by atoms with van der Waals surface area (Å²) in [6, 6.07) is 14.5. The Balaban J connectivity index is 1.48. The molecule has 178 valence electrons. The lowest BCUT2D eigenvalue weighted by atomic mass is 9.98. The van der Waals surface area contributed by atoms with Crippen molar-refractivity contribution in [2.75, 3.05) is 0 Å². The molecule has 0 bridgehead atoms. The Hall–Kier alpha value is -3.90. The van der Waals surface area contributed by atoms with Crippen LogP contribution in [0.15, 0.2) is 73.3 Å². The van der Waals surface area contributed by atoms with Gasteiger partial charge in [-0.2, -0.15) is 5.10 Å². The van der Waals surface area contributed by atoms with Crippen LogP contribution in [0, 0.1) is 5.82 Å². The first-order chi connectivity index (χ1) is 17.6. The molecule has 5 aromatic rings. The van der Waals surface area contributed by atoms with Gasteiger partial charge in [0.1, 0.15) is 5.82 Å². The zero-order valence-corrected chi connectivity index (χ0v) is 20.5. The van der Waals surface area contributed by atoms with Gasteiger partial charge in [0, 0.05) is 58.8 Å². The van der Waals surface area contributed by atoms with Crippen LogP contribution < -0.4 is 0 Å². The van der Waals surface area contributed by atoms with Crippen molar-refractivity contribution in [3.05, 3.63) is 107 Å². The molecule has 5 nitrogen and oxygen atoms in total. The average molecular weight is 496 g/mol. The Bertz CT molecular complexity index is 1640. The number of aromatic nitrogens is 5. The average Bonchev–Trinajstić information content (AvgIpc) is 3.53. The van der Waals surface area contributed by atoms with Gasteiger partial charge in [0.25, 0.3) is 0 Å². The summed E-state index contributed by atoms with van der Waals surface area (Å²) in [4.78, 5) is 14.3. The van der Waals surface area contributed by atoms with Crippen LogP contribution in [0.25, 0.3) is 33.3 Å². The second kappa shape index (κ2) is 9.28. The Morgan fingerprint density at radius 3 is 2.81 bits per heavy atom. The van der Waals surface area contributed by atoms with Gasteiger partial charge in [-0.1, -0.05) is 31.0 Å². The minimum atomic E-state index is -0.315. The van der Waals surface area contributed by atoms with E-state index in [-0.39, 0.29) is 5.82 Å². The van der Waals surface area contributed by atoms with Crippen molar-refractivity contribution in [3.8, 4) is 11.1 Å². The predicted molar refractivity (Wildman–Crippen MR) is 141 cm³/mol. The number of allylic oxidation sites excluding steroid dienone is 1. The first-order valence-electron chi connectivity index (χ1n) is 12.0. The summed E-state index contributed by atoms with van der Waals surface area (Å²) in [5.74, 6) is -0.315. The zero-order valence-electron chi connectivity index (χ0n) is 19.7. The molecule has 0 saturated heterocycles. The lowest BCUT2D eigenvalue weighted by Crippen LogP contribution is -1.97. The van der Waals surface area contributed by atoms with Gasteiger partial charge in [0.05, 0.1) is 28.6 Å². The van der Waals surface area contributed by atoms with Crippen molar-refractivity contribution in [2.45, 2.75) is 32.7 Å². The Morgan fingerprint density at radius 2 is 1.92 bits per heavy atom. The SMILES string of the molecule is CCCCn1cc(-c2cnc3ccc(C4=C(c5cc(Cl)ccc5F)Cc5cccnc54)nc3c2)cn1. The van der Waals surface area contributed by atoms with Crippen LogP contribution in [0.3, 0.4) is 0 Å². The standard InChI is InChI=1S/C29H23ClFN5/c1-2-3-11-36-17-20(16-34-36)19-13-27-25(33-15-19)8-9-26(35-27)28-23(12-18-5-4-10-32-29(18)28)22-14-21(30)6-7-24(22)31/h4-10,13-17H,2-3,11-12H2,1H3. The summed E-state index contributed by atoms with van der Waals surface area (Å²) < 4.78 is 16.9. The van der Waals surface area contributed by atoms with E-state index in [1.165, 1.54) is 6.07 Å². The van der Waals surface area contributed by atoms with E-state index in [4.69, 9.17) is 16.6 Å². The van der Waals surface area contributed by atoms with E-state index in [1.54, 1.807) is 18.3 Å². The topological polar surface area (TPSA) is 56.5 Å². The molecule has 0 fully saturated rings. The molecular formula is C29H23ClFN5. The van der Waals surface area contributed by atoms with E-state index in [2.05, 4.69) is 22.0 Å². The first kappa shape index (κ1) is 22.6. The second-order valence-corrected chi connectivity index (χ2v) is 9.41. The first-order valence-corrected chi connectivity index (χ1v) is 12.4. The number of hydrogen-bond acceptors (Lipinski definition) is 4. The molecule has 1 aliphatic carbocycles.